The van der Waals surface area contributed by atoms with Gasteiger partial charge in [-0.15, -0.1) is 0 Å². The number of hydrogen-bond acceptors (Lipinski definition) is 1. The Hall–Kier alpha value is -1.97. The average molecular weight is 238 g/mol. The van der Waals surface area contributed by atoms with Gasteiger partial charge in [0, 0.05) is 11.1 Å². The minimum Gasteiger partial charge on any atom is -0.493 e. The molecule has 0 aliphatic heterocycles. The molecule has 1 nitrogen and oxygen atoms in total. The molecule has 0 atom stereocenters. The second-order valence-electron chi connectivity index (χ2n) is 3.42. The number of benzene rings is 2. The first kappa shape index (κ1) is 11.5. The van der Waals surface area contributed by atoms with Gasteiger partial charge < -0.3 is 4.74 Å². The van der Waals surface area contributed by atoms with Gasteiger partial charge in [0.1, 0.15) is 0 Å². The molecular formula is C13H9F3O. The molecule has 0 heterocycles. The van der Waals surface area contributed by atoms with Crippen molar-refractivity contribution < 1.29 is 17.9 Å². The standard InChI is InChI=1S/C13H9F3O/c1-17-13-9(5-3-7-11(13)15)8-4-2-6-10(14)12(8)16/h2-7H,1H3. The van der Waals surface area contributed by atoms with Crippen molar-refractivity contribution in [3.63, 3.8) is 0 Å². The molecule has 0 aliphatic rings. The molecule has 0 spiro atoms. The van der Waals surface area contributed by atoms with Crippen molar-refractivity contribution in [2.24, 2.45) is 0 Å². The van der Waals surface area contributed by atoms with E-state index in [1.165, 1.54) is 37.4 Å². The summed E-state index contributed by atoms with van der Waals surface area (Å²) in [5, 5.41) is 0. The maximum Gasteiger partial charge on any atom is 0.166 e. The van der Waals surface area contributed by atoms with Crippen LogP contribution in [0.4, 0.5) is 13.2 Å². The number of ether oxygens (including phenoxy) is 1. The largest absolute Gasteiger partial charge is 0.493 e. The van der Waals surface area contributed by atoms with Gasteiger partial charge in [0.25, 0.3) is 0 Å². The van der Waals surface area contributed by atoms with Crippen molar-refractivity contribution in [1.29, 1.82) is 0 Å². The summed E-state index contributed by atoms with van der Waals surface area (Å²) in [5.74, 6) is -2.71. The predicted molar refractivity (Wildman–Crippen MR) is 58.3 cm³/mol. The van der Waals surface area contributed by atoms with Crippen molar-refractivity contribution >= 4 is 0 Å². The molecule has 0 N–H and O–H groups in total. The molecule has 17 heavy (non-hydrogen) atoms. The van der Waals surface area contributed by atoms with E-state index in [9.17, 15) is 13.2 Å². The lowest BCUT2D eigenvalue weighted by Gasteiger charge is -2.10. The third-order valence-corrected chi connectivity index (χ3v) is 2.41. The summed E-state index contributed by atoms with van der Waals surface area (Å²) >= 11 is 0. The van der Waals surface area contributed by atoms with Crippen molar-refractivity contribution in [3.05, 3.63) is 53.8 Å². The summed E-state index contributed by atoms with van der Waals surface area (Å²) in [4.78, 5) is 0. The highest BCUT2D eigenvalue weighted by Crippen LogP contribution is 2.34. The Morgan fingerprint density at radius 1 is 0.824 bits per heavy atom. The molecule has 0 unspecified atom stereocenters. The minimum absolute atomic E-state index is 0.0265. The Labute approximate surface area is 96.5 Å². The van der Waals surface area contributed by atoms with Crippen LogP contribution < -0.4 is 4.74 Å². The molecule has 0 radical (unpaired) electrons. The Kier molecular flexibility index (Phi) is 3.04. The third kappa shape index (κ3) is 1.98. The van der Waals surface area contributed by atoms with Crippen molar-refractivity contribution in [3.8, 4) is 16.9 Å². The molecule has 0 bridgehead atoms. The zero-order chi connectivity index (χ0) is 12.4. The van der Waals surface area contributed by atoms with Gasteiger partial charge in [-0.2, -0.15) is 0 Å². The second-order valence-corrected chi connectivity index (χ2v) is 3.42. The highest BCUT2D eigenvalue weighted by atomic mass is 19.2. The van der Waals surface area contributed by atoms with Crippen molar-refractivity contribution in [1.82, 2.24) is 0 Å². The smallest absolute Gasteiger partial charge is 0.166 e. The van der Waals surface area contributed by atoms with Crippen LogP contribution in [0.3, 0.4) is 0 Å². The molecule has 0 fully saturated rings. The Morgan fingerprint density at radius 2 is 1.41 bits per heavy atom. The Bertz CT molecular complexity index is 552. The monoisotopic (exact) mass is 238 g/mol. The molecule has 0 saturated heterocycles. The maximum atomic E-state index is 13.6. The van der Waals surface area contributed by atoms with E-state index in [2.05, 4.69) is 0 Å². The molecule has 2 rings (SSSR count). The fourth-order valence-electron chi connectivity index (χ4n) is 1.64. The number of para-hydroxylation sites is 1. The average Bonchev–Trinajstić information content (AvgIpc) is 2.32. The molecule has 0 amide bonds. The topological polar surface area (TPSA) is 9.23 Å². The molecule has 0 aromatic heterocycles. The van der Waals surface area contributed by atoms with E-state index in [4.69, 9.17) is 4.74 Å². The first-order chi connectivity index (χ1) is 8.15. The van der Waals surface area contributed by atoms with Crippen LogP contribution in [-0.2, 0) is 0 Å². The van der Waals surface area contributed by atoms with Crippen LogP contribution in [0.5, 0.6) is 5.75 Å². The highest BCUT2D eigenvalue weighted by molar-refractivity contribution is 5.71. The second kappa shape index (κ2) is 4.49. The van der Waals surface area contributed by atoms with E-state index >= 15 is 0 Å². The van der Waals surface area contributed by atoms with E-state index in [1.807, 2.05) is 0 Å². The third-order valence-electron chi connectivity index (χ3n) is 2.41. The van der Waals surface area contributed by atoms with E-state index < -0.39 is 17.5 Å². The van der Waals surface area contributed by atoms with Gasteiger partial charge in [-0.3, -0.25) is 0 Å². The molecule has 88 valence electrons. The van der Waals surface area contributed by atoms with Crippen LogP contribution in [0.25, 0.3) is 11.1 Å². The van der Waals surface area contributed by atoms with Crippen LogP contribution >= 0.6 is 0 Å². The lowest BCUT2D eigenvalue weighted by Crippen LogP contribution is -1.95. The zero-order valence-electron chi connectivity index (χ0n) is 9.01. The molecule has 0 aliphatic carbocycles. The molecule has 0 saturated carbocycles. The maximum absolute atomic E-state index is 13.6. The minimum atomic E-state index is -1.02. The van der Waals surface area contributed by atoms with Gasteiger partial charge in [0.05, 0.1) is 7.11 Å². The van der Waals surface area contributed by atoms with Gasteiger partial charge in [0.15, 0.2) is 23.2 Å². The predicted octanol–water partition coefficient (Wildman–Crippen LogP) is 3.78. The summed E-state index contributed by atoms with van der Waals surface area (Å²) in [6.45, 7) is 0. The molecule has 2 aromatic rings. The first-order valence-corrected chi connectivity index (χ1v) is 4.92. The zero-order valence-corrected chi connectivity index (χ0v) is 9.01. The lowest BCUT2D eigenvalue weighted by atomic mass is 10.0. The fraction of sp³-hybridized carbons (Fsp3) is 0.0769. The summed E-state index contributed by atoms with van der Waals surface area (Å²) < 4.78 is 45.0. The summed E-state index contributed by atoms with van der Waals surface area (Å²) in [6.07, 6.45) is 0. The SMILES string of the molecule is COc1c(F)cccc1-c1cccc(F)c1F. The molecule has 2 aromatic carbocycles. The van der Waals surface area contributed by atoms with Crippen LogP contribution in [0.1, 0.15) is 0 Å². The van der Waals surface area contributed by atoms with Crippen molar-refractivity contribution in [2.45, 2.75) is 0 Å². The van der Waals surface area contributed by atoms with Gasteiger partial charge >= 0.3 is 0 Å². The number of rotatable bonds is 2. The van der Waals surface area contributed by atoms with E-state index in [1.54, 1.807) is 0 Å². The molecule has 4 heteroatoms. The molecular weight excluding hydrogens is 229 g/mol. The Morgan fingerprint density at radius 3 is 2.06 bits per heavy atom. The number of halogens is 3. The van der Waals surface area contributed by atoms with E-state index in [0.717, 1.165) is 6.07 Å². The van der Waals surface area contributed by atoms with Crippen molar-refractivity contribution in [2.75, 3.05) is 7.11 Å². The highest BCUT2D eigenvalue weighted by Gasteiger charge is 2.16. The van der Waals surface area contributed by atoms with Gasteiger partial charge in [0.2, 0.25) is 0 Å². The van der Waals surface area contributed by atoms with Gasteiger partial charge in [-0.05, 0) is 12.1 Å². The Balaban J connectivity index is 2.68. The van der Waals surface area contributed by atoms with Gasteiger partial charge in [-0.1, -0.05) is 24.3 Å². The van der Waals surface area contributed by atoms with Crippen LogP contribution in [0.15, 0.2) is 36.4 Å². The van der Waals surface area contributed by atoms with E-state index in [0.29, 0.717) is 0 Å². The number of methoxy groups -OCH3 is 1. The fourth-order valence-corrected chi connectivity index (χ4v) is 1.64. The first-order valence-electron chi connectivity index (χ1n) is 4.92. The van der Waals surface area contributed by atoms with Crippen LogP contribution in [0.2, 0.25) is 0 Å². The quantitative estimate of drug-likeness (QED) is 0.773. The van der Waals surface area contributed by atoms with Gasteiger partial charge in [-0.25, -0.2) is 13.2 Å². The summed E-state index contributed by atoms with van der Waals surface area (Å²) in [7, 11) is 1.28. The van der Waals surface area contributed by atoms with Crippen LogP contribution in [-0.4, -0.2) is 7.11 Å². The lowest BCUT2D eigenvalue weighted by molar-refractivity contribution is 0.388. The summed E-state index contributed by atoms with van der Waals surface area (Å²) in [5.41, 5.74) is 0.158. The van der Waals surface area contributed by atoms with E-state index in [-0.39, 0.29) is 16.9 Å². The number of hydrogen-bond donors (Lipinski definition) is 0. The normalized spacial score (nSPS) is 10.4. The summed E-state index contributed by atoms with van der Waals surface area (Å²) in [6, 6.07) is 7.81. The van der Waals surface area contributed by atoms with Crippen LogP contribution in [0, 0.1) is 17.5 Å².